The summed E-state index contributed by atoms with van der Waals surface area (Å²) < 4.78 is 0. The van der Waals surface area contributed by atoms with Gasteiger partial charge in [0, 0.05) is 25.5 Å². The minimum absolute atomic E-state index is 0.309. The zero-order valence-electron chi connectivity index (χ0n) is 8.83. The third kappa shape index (κ3) is 3.91. The van der Waals surface area contributed by atoms with Crippen LogP contribution in [0, 0.1) is 0 Å². The third-order valence-electron chi connectivity index (χ3n) is 1.85. The van der Waals surface area contributed by atoms with Crippen molar-refractivity contribution in [1.82, 2.24) is 9.88 Å². The maximum Gasteiger partial charge on any atom is 0.323 e. The number of hydrogen-bond acceptors (Lipinski definition) is 3. The van der Waals surface area contributed by atoms with Gasteiger partial charge in [-0.05, 0) is 17.7 Å². The molecule has 1 heterocycles. The average Bonchev–Trinajstić information content (AvgIpc) is 2.26. The van der Waals surface area contributed by atoms with E-state index < -0.39 is 5.97 Å². The first kappa shape index (κ1) is 11.9. The van der Waals surface area contributed by atoms with Gasteiger partial charge in [0.05, 0.1) is 0 Å². The highest BCUT2D eigenvalue weighted by atomic mass is 16.4. The highest BCUT2D eigenvalue weighted by molar-refractivity contribution is 5.93. The molecule has 1 N–H and O–H groups in total. The predicted molar refractivity (Wildman–Crippen MR) is 58.5 cm³/mol. The van der Waals surface area contributed by atoms with Crippen LogP contribution in [0.3, 0.4) is 0 Å². The molecule has 1 amide bonds. The van der Waals surface area contributed by atoms with Gasteiger partial charge in [-0.25, -0.2) is 0 Å². The number of aromatic nitrogens is 1. The fraction of sp³-hybridized carbons (Fsp3) is 0.182. The molecule has 0 aliphatic heterocycles. The number of carboxylic acids is 1. The second-order valence-corrected chi connectivity index (χ2v) is 3.21. The molecule has 0 aromatic carbocycles. The van der Waals surface area contributed by atoms with Gasteiger partial charge in [0.1, 0.15) is 6.54 Å². The standard InChI is InChI=1S/C11H12N2O3/c1-13(8-11(15)16)10(14)5-4-9-3-2-6-12-7-9/h2-7H,8H2,1H3,(H,15,16)/b5-4+. The number of carboxylic acid groups (broad SMARTS) is 1. The molecule has 0 fully saturated rings. The van der Waals surface area contributed by atoms with Crippen LogP contribution in [-0.2, 0) is 9.59 Å². The van der Waals surface area contributed by atoms with E-state index in [0.717, 1.165) is 10.5 Å². The Morgan fingerprint density at radius 2 is 2.31 bits per heavy atom. The minimum Gasteiger partial charge on any atom is -0.480 e. The molecule has 16 heavy (non-hydrogen) atoms. The van der Waals surface area contributed by atoms with Crippen LogP contribution < -0.4 is 0 Å². The first-order chi connectivity index (χ1) is 7.59. The predicted octanol–water partition coefficient (Wildman–Crippen LogP) is 0.638. The summed E-state index contributed by atoms with van der Waals surface area (Å²) in [5.41, 5.74) is 0.791. The molecule has 0 saturated carbocycles. The van der Waals surface area contributed by atoms with Crippen molar-refractivity contribution in [2.45, 2.75) is 0 Å². The number of likely N-dealkylation sites (N-methyl/N-ethyl adjacent to an activating group) is 1. The number of pyridine rings is 1. The lowest BCUT2D eigenvalue weighted by molar-refractivity contribution is -0.141. The topological polar surface area (TPSA) is 70.5 Å². The van der Waals surface area contributed by atoms with E-state index in [0.29, 0.717) is 0 Å². The second kappa shape index (κ2) is 5.65. The Kier molecular flexibility index (Phi) is 4.20. The van der Waals surface area contributed by atoms with Gasteiger partial charge in [0.2, 0.25) is 5.91 Å². The Hall–Kier alpha value is -2.17. The number of carbonyl (C=O) groups is 2. The monoisotopic (exact) mass is 220 g/mol. The van der Waals surface area contributed by atoms with Gasteiger partial charge in [-0.2, -0.15) is 0 Å². The molecule has 0 atom stereocenters. The Morgan fingerprint density at radius 3 is 2.88 bits per heavy atom. The zero-order chi connectivity index (χ0) is 12.0. The summed E-state index contributed by atoms with van der Waals surface area (Å²) in [4.78, 5) is 26.8. The smallest absolute Gasteiger partial charge is 0.323 e. The molecule has 84 valence electrons. The molecule has 0 radical (unpaired) electrons. The first-order valence-electron chi connectivity index (χ1n) is 4.64. The van der Waals surface area contributed by atoms with Gasteiger partial charge in [0.15, 0.2) is 0 Å². The normalized spacial score (nSPS) is 10.3. The Labute approximate surface area is 93.0 Å². The van der Waals surface area contributed by atoms with Crippen molar-refractivity contribution >= 4 is 18.0 Å². The Bertz CT molecular complexity index is 401. The van der Waals surface area contributed by atoms with Crippen molar-refractivity contribution in [2.24, 2.45) is 0 Å². The van der Waals surface area contributed by atoms with Crippen molar-refractivity contribution in [3.63, 3.8) is 0 Å². The molecule has 5 nitrogen and oxygen atoms in total. The molecule has 1 aromatic heterocycles. The molecular formula is C11H12N2O3. The highest BCUT2D eigenvalue weighted by Crippen LogP contribution is 1.99. The maximum atomic E-state index is 11.4. The lowest BCUT2D eigenvalue weighted by Crippen LogP contribution is -2.30. The molecule has 0 aliphatic rings. The fourth-order valence-electron chi connectivity index (χ4n) is 1.05. The largest absolute Gasteiger partial charge is 0.480 e. The van der Waals surface area contributed by atoms with Crippen LogP contribution in [0.2, 0.25) is 0 Å². The van der Waals surface area contributed by atoms with E-state index in [2.05, 4.69) is 4.98 Å². The van der Waals surface area contributed by atoms with Crippen LogP contribution in [0.1, 0.15) is 5.56 Å². The summed E-state index contributed by atoms with van der Waals surface area (Å²) in [6.45, 7) is -0.309. The molecule has 0 bridgehead atoms. The van der Waals surface area contributed by atoms with E-state index in [4.69, 9.17) is 5.11 Å². The zero-order valence-corrected chi connectivity index (χ0v) is 8.83. The fourth-order valence-corrected chi connectivity index (χ4v) is 1.05. The van der Waals surface area contributed by atoms with Gasteiger partial charge < -0.3 is 10.0 Å². The van der Waals surface area contributed by atoms with Gasteiger partial charge in [0.25, 0.3) is 0 Å². The van der Waals surface area contributed by atoms with Crippen molar-refractivity contribution in [2.75, 3.05) is 13.6 Å². The minimum atomic E-state index is -1.04. The summed E-state index contributed by atoms with van der Waals surface area (Å²) >= 11 is 0. The van der Waals surface area contributed by atoms with E-state index in [-0.39, 0.29) is 12.5 Å². The SMILES string of the molecule is CN(CC(=O)O)C(=O)/C=C/c1cccnc1. The van der Waals surface area contributed by atoms with Crippen molar-refractivity contribution < 1.29 is 14.7 Å². The van der Waals surface area contributed by atoms with E-state index >= 15 is 0 Å². The molecule has 0 aliphatic carbocycles. The summed E-state index contributed by atoms with van der Waals surface area (Å²) in [7, 11) is 1.43. The molecule has 5 heteroatoms. The lowest BCUT2D eigenvalue weighted by atomic mass is 10.2. The van der Waals surface area contributed by atoms with Crippen LogP contribution in [0.4, 0.5) is 0 Å². The third-order valence-corrected chi connectivity index (χ3v) is 1.85. The summed E-state index contributed by atoms with van der Waals surface area (Å²) in [5.74, 6) is -1.39. The van der Waals surface area contributed by atoms with E-state index in [1.54, 1.807) is 30.6 Å². The van der Waals surface area contributed by atoms with E-state index in [1.165, 1.54) is 13.1 Å². The van der Waals surface area contributed by atoms with Gasteiger partial charge in [-0.1, -0.05) is 6.07 Å². The van der Waals surface area contributed by atoms with Crippen molar-refractivity contribution in [3.05, 3.63) is 36.2 Å². The van der Waals surface area contributed by atoms with Gasteiger partial charge in [-0.15, -0.1) is 0 Å². The van der Waals surface area contributed by atoms with Gasteiger partial charge >= 0.3 is 5.97 Å². The van der Waals surface area contributed by atoms with Crippen LogP contribution in [-0.4, -0.2) is 40.5 Å². The summed E-state index contributed by atoms with van der Waals surface area (Å²) in [5, 5.41) is 8.49. The average molecular weight is 220 g/mol. The number of aliphatic carboxylic acids is 1. The molecule has 1 aromatic rings. The number of amides is 1. The Balaban J connectivity index is 2.57. The van der Waals surface area contributed by atoms with Crippen LogP contribution in [0.25, 0.3) is 6.08 Å². The van der Waals surface area contributed by atoms with Crippen LogP contribution in [0.5, 0.6) is 0 Å². The quantitative estimate of drug-likeness (QED) is 0.756. The second-order valence-electron chi connectivity index (χ2n) is 3.21. The summed E-state index contributed by atoms with van der Waals surface area (Å²) in [6.07, 6.45) is 6.16. The highest BCUT2D eigenvalue weighted by Gasteiger charge is 2.08. The lowest BCUT2D eigenvalue weighted by Gasteiger charge is -2.10. The summed E-state index contributed by atoms with van der Waals surface area (Å²) in [6, 6.07) is 3.55. The molecule has 0 unspecified atom stereocenters. The number of rotatable bonds is 4. The first-order valence-corrected chi connectivity index (χ1v) is 4.64. The van der Waals surface area contributed by atoms with Gasteiger partial charge in [-0.3, -0.25) is 14.6 Å². The number of hydrogen-bond donors (Lipinski definition) is 1. The molecule has 1 rings (SSSR count). The van der Waals surface area contributed by atoms with Crippen molar-refractivity contribution in [3.8, 4) is 0 Å². The molecular weight excluding hydrogens is 208 g/mol. The van der Waals surface area contributed by atoms with E-state index in [1.807, 2.05) is 0 Å². The number of nitrogens with zero attached hydrogens (tertiary/aromatic N) is 2. The maximum absolute atomic E-state index is 11.4. The number of carbonyl (C=O) groups excluding carboxylic acids is 1. The van der Waals surface area contributed by atoms with Crippen LogP contribution in [0.15, 0.2) is 30.6 Å². The van der Waals surface area contributed by atoms with E-state index in [9.17, 15) is 9.59 Å². The Morgan fingerprint density at radius 1 is 1.56 bits per heavy atom. The van der Waals surface area contributed by atoms with Crippen molar-refractivity contribution in [1.29, 1.82) is 0 Å². The molecule has 0 spiro atoms. The van der Waals surface area contributed by atoms with Crippen LogP contribution >= 0.6 is 0 Å². The molecule has 0 saturated heterocycles.